The minimum Gasteiger partial charge on any atom is -0.493 e. The van der Waals surface area contributed by atoms with Gasteiger partial charge in [-0.25, -0.2) is 0 Å². The Morgan fingerprint density at radius 1 is 0.951 bits per heavy atom. The number of carbonyl (C=O) groups excluding carboxylic acids is 2. The first-order chi connectivity index (χ1) is 20.0. The summed E-state index contributed by atoms with van der Waals surface area (Å²) >= 11 is 0. The van der Waals surface area contributed by atoms with Crippen LogP contribution in [0.25, 0.3) is 0 Å². The molecule has 2 saturated heterocycles. The molecule has 2 aromatic rings. The maximum absolute atomic E-state index is 14.2. The molecule has 3 aliphatic rings. The smallest absolute Gasteiger partial charge is 0.257 e. The minimum atomic E-state index is -0.488. The van der Waals surface area contributed by atoms with Crippen molar-refractivity contribution < 1.29 is 23.8 Å². The summed E-state index contributed by atoms with van der Waals surface area (Å²) in [5.41, 5.74) is 2.54. The summed E-state index contributed by atoms with van der Waals surface area (Å²) in [6, 6.07) is 15.1. The quantitative estimate of drug-likeness (QED) is 0.285. The van der Waals surface area contributed by atoms with Crippen LogP contribution in [0.1, 0.15) is 36.9 Å². The van der Waals surface area contributed by atoms with Crippen molar-refractivity contribution in [3.63, 3.8) is 0 Å². The monoisotopic (exact) mass is 559 g/mol. The van der Waals surface area contributed by atoms with Gasteiger partial charge in [0.2, 0.25) is 5.91 Å². The van der Waals surface area contributed by atoms with Crippen LogP contribution in [0.4, 0.5) is 0 Å². The first kappa shape index (κ1) is 29.0. The highest BCUT2D eigenvalue weighted by molar-refractivity contribution is 6.16. The molecule has 8 nitrogen and oxygen atoms in total. The number of hydrogen-bond donors (Lipinski definition) is 0. The van der Waals surface area contributed by atoms with Crippen molar-refractivity contribution in [2.45, 2.75) is 38.5 Å². The Balaban J connectivity index is 1.36. The zero-order chi connectivity index (χ0) is 28.8. The van der Waals surface area contributed by atoms with Crippen LogP contribution in [0, 0.1) is 5.92 Å². The Bertz CT molecular complexity index is 1270. The Kier molecular flexibility index (Phi) is 9.54. The van der Waals surface area contributed by atoms with Crippen molar-refractivity contribution >= 4 is 11.8 Å². The number of likely N-dealkylation sites (tertiary alicyclic amines) is 1. The van der Waals surface area contributed by atoms with E-state index in [-0.39, 0.29) is 17.9 Å². The highest BCUT2D eigenvalue weighted by Gasteiger charge is 2.51. The fraction of sp³-hybridized carbons (Fsp3) is 0.455. The summed E-state index contributed by atoms with van der Waals surface area (Å²) in [5, 5.41) is 0. The number of likely N-dealkylation sites (N-methyl/N-ethyl adjacent to an activating group) is 1. The predicted molar refractivity (Wildman–Crippen MR) is 158 cm³/mol. The first-order valence-electron chi connectivity index (χ1n) is 14.6. The van der Waals surface area contributed by atoms with Crippen molar-refractivity contribution in [2.75, 3.05) is 53.6 Å². The molecule has 0 aromatic heterocycles. The molecule has 0 saturated carbocycles. The van der Waals surface area contributed by atoms with Gasteiger partial charge in [0.05, 0.1) is 32.8 Å². The molecule has 5 rings (SSSR count). The molecule has 218 valence electrons. The van der Waals surface area contributed by atoms with E-state index in [0.717, 1.165) is 43.9 Å². The number of ether oxygens (including phenoxy) is 3. The van der Waals surface area contributed by atoms with E-state index < -0.39 is 12.0 Å². The normalized spacial score (nSPS) is 22.0. The van der Waals surface area contributed by atoms with Crippen molar-refractivity contribution in [3.05, 3.63) is 83.5 Å². The standard InChI is InChI=1S/C33H41N3O5/c1-4-34-17-19-35(20-18-34)28-13-8-12-26-31(28)33(38)36(32(26)37)27(25-15-16-29(39-2)30(22-25)40-3)14-9-21-41-23-24-10-6-5-7-11-24/h5-8,10-13,15-16,22,27-28,31H,4,9,14,17-21,23H2,1-3H3/t27-,28?,31?/m1/s1. The summed E-state index contributed by atoms with van der Waals surface area (Å²) in [7, 11) is 3.19. The molecule has 2 unspecified atom stereocenters. The van der Waals surface area contributed by atoms with Crippen LogP contribution in [0.2, 0.25) is 0 Å². The molecule has 0 N–H and O–H groups in total. The van der Waals surface area contributed by atoms with E-state index in [9.17, 15) is 9.59 Å². The number of benzene rings is 2. The lowest BCUT2D eigenvalue weighted by Gasteiger charge is -2.40. The van der Waals surface area contributed by atoms with E-state index in [4.69, 9.17) is 14.2 Å². The highest BCUT2D eigenvalue weighted by Crippen LogP contribution is 2.42. The van der Waals surface area contributed by atoms with E-state index in [1.54, 1.807) is 14.2 Å². The van der Waals surface area contributed by atoms with E-state index in [1.165, 1.54) is 4.90 Å². The second kappa shape index (κ2) is 13.5. The molecule has 2 fully saturated rings. The molecular weight excluding hydrogens is 518 g/mol. The van der Waals surface area contributed by atoms with Crippen LogP contribution < -0.4 is 9.47 Å². The van der Waals surface area contributed by atoms with Crippen LogP contribution in [0.3, 0.4) is 0 Å². The predicted octanol–water partition coefficient (Wildman–Crippen LogP) is 4.23. The first-order valence-corrected chi connectivity index (χ1v) is 14.6. The van der Waals surface area contributed by atoms with Gasteiger partial charge in [0.1, 0.15) is 0 Å². The number of hydrogen-bond acceptors (Lipinski definition) is 7. The zero-order valence-corrected chi connectivity index (χ0v) is 24.3. The topological polar surface area (TPSA) is 71.6 Å². The van der Waals surface area contributed by atoms with Gasteiger partial charge in [-0.15, -0.1) is 0 Å². The van der Waals surface area contributed by atoms with Gasteiger partial charge in [0, 0.05) is 44.4 Å². The molecule has 1 aliphatic carbocycles. The number of amides is 2. The molecule has 8 heteroatoms. The van der Waals surface area contributed by atoms with Crippen molar-refractivity contribution in [1.82, 2.24) is 14.7 Å². The SMILES string of the molecule is CCN1CCN(C2C=CC=C3C(=O)N([C@H](CCCOCc4ccccc4)c4ccc(OC)c(OC)c4)C(=O)C32)CC1. The fourth-order valence-electron chi connectivity index (χ4n) is 6.20. The lowest BCUT2D eigenvalue weighted by molar-refractivity contribution is -0.142. The van der Waals surface area contributed by atoms with Crippen molar-refractivity contribution in [1.29, 1.82) is 0 Å². The third kappa shape index (κ3) is 6.25. The molecule has 2 heterocycles. The molecule has 0 bridgehead atoms. The van der Waals surface area contributed by atoms with Gasteiger partial charge in [0.25, 0.3) is 5.91 Å². The number of allylic oxidation sites excluding steroid dienone is 2. The van der Waals surface area contributed by atoms with Crippen molar-refractivity contribution in [2.24, 2.45) is 5.92 Å². The van der Waals surface area contributed by atoms with Crippen LogP contribution >= 0.6 is 0 Å². The molecule has 3 atom stereocenters. The maximum atomic E-state index is 14.2. The van der Waals surface area contributed by atoms with Gasteiger partial charge in [-0.3, -0.25) is 19.4 Å². The van der Waals surface area contributed by atoms with Gasteiger partial charge in [-0.2, -0.15) is 0 Å². The van der Waals surface area contributed by atoms with Crippen LogP contribution in [-0.4, -0.2) is 86.1 Å². The summed E-state index contributed by atoms with van der Waals surface area (Å²) in [4.78, 5) is 34.4. The minimum absolute atomic E-state index is 0.115. The average Bonchev–Trinajstić information content (AvgIpc) is 3.28. The van der Waals surface area contributed by atoms with E-state index in [2.05, 4.69) is 22.8 Å². The third-order valence-corrected chi connectivity index (χ3v) is 8.49. The number of nitrogens with zero attached hydrogens (tertiary/aromatic N) is 3. The second-order valence-electron chi connectivity index (χ2n) is 10.8. The number of imide groups is 1. The zero-order valence-electron chi connectivity index (χ0n) is 24.3. The molecule has 2 aromatic carbocycles. The molecule has 2 aliphatic heterocycles. The van der Waals surface area contributed by atoms with Gasteiger partial charge >= 0.3 is 0 Å². The summed E-state index contributed by atoms with van der Waals surface area (Å²) in [6.45, 7) is 7.94. The lowest BCUT2D eigenvalue weighted by Crippen LogP contribution is -2.53. The third-order valence-electron chi connectivity index (χ3n) is 8.49. The number of fused-ring (bicyclic) bond motifs is 1. The van der Waals surface area contributed by atoms with E-state index in [1.807, 2.05) is 60.7 Å². The van der Waals surface area contributed by atoms with Crippen molar-refractivity contribution in [3.8, 4) is 11.5 Å². The Hall–Kier alpha value is -3.46. The number of methoxy groups -OCH3 is 2. The van der Waals surface area contributed by atoms with E-state index in [0.29, 0.717) is 43.1 Å². The lowest BCUT2D eigenvalue weighted by atomic mass is 9.87. The van der Waals surface area contributed by atoms with Gasteiger partial charge < -0.3 is 19.1 Å². The Morgan fingerprint density at radius 3 is 2.41 bits per heavy atom. The maximum Gasteiger partial charge on any atom is 0.257 e. The average molecular weight is 560 g/mol. The molecule has 0 spiro atoms. The Morgan fingerprint density at radius 2 is 1.71 bits per heavy atom. The second-order valence-corrected chi connectivity index (χ2v) is 10.8. The molecular formula is C33H41N3O5. The number of rotatable bonds is 12. The van der Waals surface area contributed by atoms with Crippen LogP contribution in [0.15, 0.2) is 72.3 Å². The van der Waals surface area contributed by atoms with Gasteiger partial charge in [-0.05, 0) is 42.6 Å². The fourth-order valence-corrected chi connectivity index (χ4v) is 6.20. The highest BCUT2D eigenvalue weighted by atomic mass is 16.5. The van der Waals surface area contributed by atoms with Gasteiger partial charge in [0.15, 0.2) is 11.5 Å². The molecule has 2 amide bonds. The van der Waals surface area contributed by atoms with Crippen LogP contribution in [-0.2, 0) is 20.9 Å². The summed E-state index contributed by atoms with van der Waals surface area (Å²) in [6.07, 6.45) is 7.13. The summed E-state index contributed by atoms with van der Waals surface area (Å²) in [5.74, 6) is 0.356. The molecule has 0 radical (unpaired) electrons. The number of piperazine rings is 1. The van der Waals surface area contributed by atoms with Crippen LogP contribution in [0.5, 0.6) is 11.5 Å². The molecule has 41 heavy (non-hydrogen) atoms. The van der Waals surface area contributed by atoms with Gasteiger partial charge in [-0.1, -0.05) is 61.5 Å². The van der Waals surface area contributed by atoms with E-state index >= 15 is 0 Å². The summed E-state index contributed by atoms with van der Waals surface area (Å²) < 4.78 is 17.0. The number of carbonyl (C=O) groups is 2. The largest absolute Gasteiger partial charge is 0.493 e. The Labute approximate surface area is 243 Å².